The number of halogens is 2. The molecule has 0 bridgehead atoms. The normalized spacial score (nSPS) is 10.9. The molecule has 0 radical (unpaired) electrons. The summed E-state index contributed by atoms with van der Waals surface area (Å²) < 4.78 is 11.0. The van der Waals surface area contributed by atoms with Gasteiger partial charge in [0.15, 0.2) is 6.61 Å². The molecule has 0 aliphatic heterocycles. The van der Waals surface area contributed by atoms with E-state index in [1.165, 1.54) is 6.21 Å². The molecule has 0 unspecified atom stereocenters. The molecule has 34 heavy (non-hydrogen) atoms. The van der Waals surface area contributed by atoms with Gasteiger partial charge in [0.1, 0.15) is 11.5 Å². The molecule has 6 nitrogen and oxygen atoms in total. The van der Waals surface area contributed by atoms with Crippen molar-refractivity contribution < 1.29 is 19.1 Å². The Morgan fingerprint density at radius 1 is 0.912 bits per heavy atom. The molecule has 4 aromatic rings. The van der Waals surface area contributed by atoms with Crippen LogP contribution < -0.4 is 14.9 Å². The van der Waals surface area contributed by atoms with Crippen LogP contribution in [0, 0.1) is 0 Å². The van der Waals surface area contributed by atoms with Gasteiger partial charge in [0.2, 0.25) is 0 Å². The van der Waals surface area contributed by atoms with Crippen molar-refractivity contribution in [1.82, 2.24) is 5.43 Å². The minimum atomic E-state index is -0.602. The second-order valence-corrected chi connectivity index (χ2v) is 7.95. The third kappa shape index (κ3) is 5.73. The van der Waals surface area contributed by atoms with Gasteiger partial charge in [-0.25, -0.2) is 10.2 Å². The van der Waals surface area contributed by atoms with Crippen LogP contribution in [-0.4, -0.2) is 24.7 Å². The van der Waals surface area contributed by atoms with E-state index in [1.807, 2.05) is 30.3 Å². The predicted molar refractivity (Wildman–Crippen MR) is 133 cm³/mol. The first-order chi connectivity index (χ1) is 16.5. The third-order valence-corrected chi connectivity index (χ3v) is 5.34. The van der Waals surface area contributed by atoms with Crippen LogP contribution >= 0.6 is 23.2 Å². The van der Waals surface area contributed by atoms with Crippen LogP contribution in [-0.2, 0) is 4.79 Å². The van der Waals surface area contributed by atoms with E-state index in [4.69, 9.17) is 32.7 Å². The van der Waals surface area contributed by atoms with Crippen LogP contribution in [0.2, 0.25) is 10.0 Å². The maximum absolute atomic E-state index is 12.7. The third-order valence-electron chi connectivity index (χ3n) is 4.78. The lowest BCUT2D eigenvalue weighted by Crippen LogP contribution is -2.24. The van der Waals surface area contributed by atoms with Crippen molar-refractivity contribution in [2.75, 3.05) is 6.61 Å². The van der Waals surface area contributed by atoms with Gasteiger partial charge in [0.25, 0.3) is 5.91 Å². The number of hydrogen-bond acceptors (Lipinski definition) is 5. The second kappa shape index (κ2) is 10.8. The molecule has 1 amide bonds. The Labute approximate surface area is 205 Å². The van der Waals surface area contributed by atoms with Crippen LogP contribution in [0.5, 0.6) is 11.5 Å². The molecule has 0 atom stereocenters. The fourth-order valence-corrected chi connectivity index (χ4v) is 3.58. The first kappa shape index (κ1) is 23.3. The van der Waals surface area contributed by atoms with E-state index in [0.717, 1.165) is 10.8 Å². The van der Waals surface area contributed by atoms with Crippen molar-refractivity contribution in [2.45, 2.75) is 0 Å². The summed E-state index contributed by atoms with van der Waals surface area (Å²) in [6.07, 6.45) is 1.43. The van der Waals surface area contributed by atoms with Crippen molar-refractivity contribution in [3.05, 3.63) is 106 Å². The molecule has 0 aliphatic carbocycles. The maximum atomic E-state index is 12.7. The Morgan fingerprint density at radius 3 is 2.53 bits per heavy atom. The van der Waals surface area contributed by atoms with Crippen molar-refractivity contribution in [1.29, 1.82) is 0 Å². The van der Waals surface area contributed by atoms with Crippen molar-refractivity contribution in [3.8, 4) is 11.5 Å². The molecule has 0 saturated heterocycles. The van der Waals surface area contributed by atoms with Gasteiger partial charge in [0, 0.05) is 10.6 Å². The van der Waals surface area contributed by atoms with Crippen LogP contribution in [0.1, 0.15) is 15.9 Å². The highest BCUT2D eigenvalue weighted by molar-refractivity contribution is 6.33. The molecule has 0 fully saturated rings. The largest absolute Gasteiger partial charge is 0.484 e. The van der Waals surface area contributed by atoms with Crippen LogP contribution in [0.3, 0.4) is 0 Å². The van der Waals surface area contributed by atoms with Crippen LogP contribution in [0.25, 0.3) is 10.8 Å². The molecule has 0 saturated carbocycles. The molecule has 0 heterocycles. The van der Waals surface area contributed by atoms with Gasteiger partial charge < -0.3 is 9.47 Å². The first-order valence-electron chi connectivity index (χ1n) is 10.2. The van der Waals surface area contributed by atoms with E-state index < -0.39 is 11.9 Å². The molecule has 0 spiro atoms. The lowest BCUT2D eigenvalue weighted by Gasteiger charge is -2.11. The number of benzene rings is 4. The number of rotatable bonds is 7. The fraction of sp³-hybridized carbons (Fsp3) is 0.0385. The zero-order valence-electron chi connectivity index (χ0n) is 17.7. The van der Waals surface area contributed by atoms with Gasteiger partial charge in [0.05, 0.1) is 16.8 Å². The molecule has 1 N–H and O–H groups in total. The molecule has 0 aliphatic rings. The Kier molecular flexibility index (Phi) is 7.42. The molecular weight excluding hydrogens is 475 g/mol. The summed E-state index contributed by atoms with van der Waals surface area (Å²) in [6, 6.07) is 24.4. The van der Waals surface area contributed by atoms with E-state index in [9.17, 15) is 9.59 Å². The zero-order chi connectivity index (χ0) is 23.9. The number of fused-ring (bicyclic) bond motifs is 1. The minimum Gasteiger partial charge on any atom is -0.484 e. The quantitative estimate of drug-likeness (QED) is 0.151. The highest BCUT2D eigenvalue weighted by Crippen LogP contribution is 2.28. The molecular formula is C26H18Cl2N2O4. The number of esters is 1. The Hall–Kier alpha value is -3.87. The lowest BCUT2D eigenvalue weighted by molar-refractivity contribution is -0.123. The molecule has 4 aromatic carbocycles. The SMILES string of the molecule is O=C(COc1cccc(Cl)c1)N/N=C/c1c(OC(=O)c2ccccc2Cl)ccc2ccccc12. The van der Waals surface area contributed by atoms with E-state index >= 15 is 0 Å². The van der Waals surface area contributed by atoms with E-state index in [-0.39, 0.29) is 22.9 Å². The number of amides is 1. The van der Waals surface area contributed by atoms with E-state index in [1.54, 1.807) is 54.6 Å². The standard InChI is InChI=1S/C26H18Cl2N2O4/c27-18-7-5-8-19(14-18)33-16-25(31)30-29-15-22-20-9-2-1-6-17(20)12-13-24(22)34-26(32)21-10-3-4-11-23(21)28/h1-15H,16H2,(H,30,31)/b29-15+. The van der Waals surface area contributed by atoms with Crippen molar-refractivity contribution in [3.63, 3.8) is 0 Å². The molecule has 4 rings (SSSR count). The summed E-state index contributed by atoms with van der Waals surface area (Å²) in [5.41, 5.74) is 3.18. The van der Waals surface area contributed by atoms with Crippen molar-refractivity contribution >= 4 is 52.1 Å². The van der Waals surface area contributed by atoms with Gasteiger partial charge in [-0.2, -0.15) is 5.10 Å². The van der Waals surface area contributed by atoms with Crippen LogP contribution in [0.4, 0.5) is 0 Å². The highest BCUT2D eigenvalue weighted by Gasteiger charge is 2.15. The summed E-state index contributed by atoms with van der Waals surface area (Å²) in [5, 5.41) is 6.53. The van der Waals surface area contributed by atoms with Gasteiger partial charge in [-0.3, -0.25) is 4.79 Å². The highest BCUT2D eigenvalue weighted by atomic mass is 35.5. The van der Waals surface area contributed by atoms with Crippen LogP contribution in [0.15, 0.2) is 90.0 Å². The Bertz CT molecular complexity index is 1390. The monoisotopic (exact) mass is 492 g/mol. The molecule has 170 valence electrons. The summed E-state index contributed by atoms with van der Waals surface area (Å²) in [4.78, 5) is 24.9. The van der Waals surface area contributed by atoms with Crippen molar-refractivity contribution in [2.24, 2.45) is 5.10 Å². The van der Waals surface area contributed by atoms with Gasteiger partial charge >= 0.3 is 5.97 Å². The molecule has 8 heteroatoms. The number of carbonyl (C=O) groups excluding carboxylic acids is 2. The zero-order valence-corrected chi connectivity index (χ0v) is 19.2. The fourth-order valence-electron chi connectivity index (χ4n) is 3.19. The lowest BCUT2D eigenvalue weighted by atomic mass is 10.0. The maximum Gasteiger partial charge on any atom is 0.345 e. The van der Waals surface area contributed by atoms with Gasteiger partial charge in [-0.1, -0.05) is 71.7 Å². The summed E-state index contributed by atoms with van der Waals surface area (Å²) in [5.74, 6) is -0.327. The Balaban J connectivity index is 1.52. The number of nitrogens with zero attached hydrogens (tertiary/aromatic N) is 1. The predicted octanol–water partition coefficient (Wildman–Crippen LogP) is 5.89. The second-order valence-electron chi connectivity index (χ2n) is 7.11. The number of hydrazone groups is 1. The topological polar surface area (TPSA) is 77.0 Å². The number of hydrogen-bond donors (Lipinski definition) is 1. The average molecular weight is 493 g/mol. The smallest absolute Gasteiger partial charge is 0.345 e. The summed E-state index contributed by atoms with van der Waals surface area (Å²) in [7, 11) is 0. The van der Waals surface area contributed by atoms with Gasteiger partial charge in [-0.15, -0.1) is 0 Å². The average Bonchev–Trinajstić information content (AvgIpc) is 2.84. The number of nitrogens with one attached hydrogen (secondary N) is 1. The summed E-state index contributed by atoms with van der Waals surface area (Å²) >= 11 is 12.0. The Morgan fingerprint density at radius 2 is 1.71 bits per heavy atom. The van der Waals surface area contributed by atoms with E-state index in [2.05, 4.69) is 10.5 Å². The molecule has 0 aromatic heterocycles. The van der Waals surface area contributed by atoms with Gasteiger partial charge in [-0.05, 0) is 47.2 Å². The first-order valence-corrected chi connectivity index (χ1v) is 11.0. The number of carbonyl (C=O) groups is 2. The van der Waals surface area contributed by atoms with E-state index in [0.29, 0.717) is 16.3 Å². The summed E-state index contributed by atoms with van der Waals surface area (Å²) in [6.45, 7) is -0.248. The number of ether oxygens (including phenoxy) is 2. The minimum absolute atomic E-state index is 0.242.